The number of carbonyl (C=O) groups excluding carboxylic acids is 1. The van der Waals surface area contributed by atoms with Crippen molar-refractivity contribution >= 4 is 40.7 Å². The average molecular weight is 395 g/mol. The Morgan fingerprint density at radius 3 is 2.73 bits per heavy atom. The molecule has 0 fully saturated rings. The lowest BCUT2D eigenvalue weighted by molar-refractivity contribution is -0.135. The molecule has 2 N–H and O–H groups in total. The van der Waals surface area contributed by atoms with E-state index in [1.165, 1.54) is 17.6 Å². The van der Waals surface area contributed by atoms with Gasteiger partial charge in [0.15, 0.2) is 0 Å². The van der Waals surface area contributed by atoms with Crippen molar-refractivity contribution in [3.05, 3.63) is 45.3 Å². The Morgan fingerprint density at radius 2 is 2.15 bits per heavy atom. The number of hydrogen-bond acceptors (Lipinski definition) is 7. The summed E-state index contributed by atoms with van der Waals surface area (Å²) in [6.45, 7) is 5.34. The van der Waals surface area contributed by atoms with Gasteiger partial charge in [-0.3, -0.25) is 4.79 Å². The number of hydrogen-bond donors (Lipinski definition) is 1. The van der Waals surface area contributed by atoms with Gasteiger partial charge in [-0.2, -0.15) is 0 Å². The fourth-order valence-electron chi connectivity index (χ4n) is 2.40. The summed E-state index contributed by atoms with van der Waals surface area (Å²) in [7, 11) is 0. The van der Waals surface area contributed by atoms with Gasteiger partial charge in [-0.15, -0.1) is 23.7 Å². The molecule has 3 aromatic rings. The van der Waals surface area contributed by atoms with Crippen LogP contribution in [0.1, 0.15) is 25.1 Å². The van der Waals surface area contributed by atoms with Gasteiger partial charge in [0, 0.05) is 17.1 Å². The molecule has 1 unspecified atom stereocenters. The van der Waals surface area contributed by atoms with Gasteiger partial charge in [0.2, 0.25) is 5.43 Å². The van der Waals surface area contributed by atoms with Crippen LogP contribution >= 0.6 is 23.7 Å². The molecule has 1 aromatic carbocycles. The zero-order valence-corrected chi connectivity index (χ0v) is 16.2. The van der Waals surface area contributed by atoms with Crippen molar-refractivity contribution in [2.75, 3.05) is 0 Å². The molecule has 0 radical (unpaired) electrons. The Bertz CT molecular complexity index is 1010. The van der Waals surface area contributed by atoms with Crippen LogP contribution in [0.25, 0.3) is 21.5 Å². The molecule has 6 nitrogen and oxygen atoms in total. The van der Waals surface area contributed by atoms with Crippen LogP contribution in [0.4, 0.5) is 0 Å². The third kappa shape index (κ3) is 3.80. The first-order chi connectivity index (χ1) is 11.9. The minimum Gasteiger partial charge on any atom is -0.463 e. The number of benzene rings is 1. The minimum absolute atomic E-state index is 0. The summed E-state index contributed by atoms with van der Waals surface area (Å²) in [6, 6.07) is 2.53. The number of esters is 1. The van der Waals surface area contributed by atoms with Crippen LogP contribution in [0.3, 0.4) is 0 Å². The highest BCUT2D eigenvalue weighted by Crippen LogP contribution is 2.28. The first-order valence-corrected chi connectivity index (χ1v) is 8.77. The lowest BCUT2D eigenvalue weighted by atomic mass is 10.1. The number of thiazole rings is 1. The monoisotopic (exact) mass is 394 g/mol. The van der Waals surface area contributed by atoms with Crippen molar-refractivity contribution in [3.63, 3.8) is 0 Å². The zero-order chi connectivity index (χ0) is 18.1. The topological polar surface area (TPSA) is 95.4 Å². The molecule has 0 aliphatic heterocycles. The predicted molar refractivity (Wildman–Crippen MR) is 104 cm³/mol. The minimum atomic E-state index is -0.733. The van der Waals surface area contributed by atoms with E-state index in [0.717, 1.165) is 11.3 Å². The third-order valence-corrected chi connectivity index (χ3v) is 4.76. The van der Waals surface area contributed by atoms with Gasteiger partial charge < -0.3 is 14.9 Å². The molecule has 2 aromatic heterocycles. The van der Waals surface area contributed by atoms with E-state index < -0.39 is 12.0 Å². The largest absolute Gasteiger partial charge is 0.463 e. The van der Waals surface area contributed by atoms with Gasteiger partial charge >= 0.3 is 5.97 Å². The van der Waals surface area contributed by atoms with Crippen molar-refractivity contribution in [1.29, 1.82) is 0 Å². The normalized spacial score (nSPS) is 11.8. The van der Waals surface area contributed by atoms with Gasteiger partial charge in [0.25, 0.3) is 0 Å². The molecule has 0 saturated carbocycles. The van der Waals surface area contributed by atoms with Crippen LogP contribution in [0.2, 0.25) is 0 Å². The second-order valence-electron chi connectivity index (χ2n) is 5.79. The molecule has 8 heteroatoms. The molecule has 0 saturated heterocycles. The molecule has 1 atom stereocenters. The summed E-state index contributed by atoms with van der Waals surface area (Å²) < 4.78 is 10.9. The fraction of sp³-hybridized carbons (Fsp3) is 0.278. The predicted octanol–water partition coefficient (Wildman–Crippen LogP) is 3.46. The fourth-order valence-corrected chi connectivity index (χ4v) is 3.20. The van der Waals surface area contributed by atoms with Crippen molar-refractivity contribution in [2.45, 2.75) is 33.2 Å². The van der Waals surface area contributed by atoms with E-state index in [2.05, 4.69) is 4.98 Å². The summed E-state index contributed by atoms with van der Waals surface area (Å²) >= 11 is 1.40. The number of carbonyl (C=O) groups is 1. The lowest BCUT2D eigenvalue weighted by Gasteiger charge is -2.11. The molecule has 0 bridgehead atoms. The summed E-state index contributed by atoms with van der Waals surface area (Å²) in [5.41, 5.74) is 7.76. The van der Waals surface area contributed by atoms with E-state index in [1.54, 1.807) is 19.1 Å². The number of nitrogens with zero attached hydrogens (tertiary/aromatic N) is 1. The first kappa shape index (κ1) is 20.1. The number of aryl methyl sites for hydroxylation is 2. The Labute approximate surface area is 160 Å². The molecular weight excluding hydrogens is 376 g/mol. The SMILES string of the molecule is CCc1cc2c(=O)c(-c3nc(C)cs3)coc2cc1OC(=O)C(C)N.Cl. The number of nitrogens with two attached hydrogens (primary N) is 1. The van der Waals surface area contributed by atoms with Crippen LogP contribution < -0.4 is 15.9 Å². The van der Waals surface area contributed by atoms with Gasteiger partial charge in [0.1, 0.15) is 28.6 Å². The second kappa shape index (κ2) is 7.99. The molecular formula is C18H19ClN2O4S. The van der Waals surface area contributed by atoms with Crippen LogP contribution in [-0.2, 0) is 11.2 Å². The number of ether oxygens (including phenoxy) is 1. The van der Waals surface area contributed by atoms with Crippen LogP contribution in [0.5, 0.6) is 5.75 Å². The average Bonchev–Trinajstić information content (AvgIpc) is 3.00. The maximum Gasteiger partial charge on any atom is 0.328 e. The Kier molecular flexibility index (Phi) is 6.17. The van der Waals surface area contributed by atoms with Gasteiger partial charge in [-0.05, 0) is 31.9 Å². The van der Waals surface area contributed by atoms with Crippen LogP contribution in [-0.4, -0.2) is 17.0 Å². The number of rotatable bonds is 4. The highest BCUT2D eigenvalue weighted by atomic mass is 35.5. The zero-order valence-electron chi connectivity index (χ0n) is 14.6. The van der Waals surface area contributed by atoms with Crippen molar-refractivity contribution in [1.82, 2.24) is 4.98 Å². The molecule has 3 rings (SSSR count). The second-order valence-corrected chi connectivity index (χ2v) is 6.65. The van der Waals surface area contributed by atoms with E-state index in [4.69, 9.17) is 14.9 Å². The Morgan fingerprint density at radius 1 is 1.42 bits per heavy atom. The van der Waals surface area contributed by atoms with Crippen LogP contribution in [0, 0.1) is 6.92 Å². The molecule has 0 aliphatic carbocycles. The molecule has 0 amide bonds. The van der Waals surface area contributed by atoms with Crippen molar-refractivity contribution in [3.8, 4) is 16.3 Å². The van der Waals surface area contributed by atoms with Gasteiger partial charge in [-0.1, -0.05) is 6.92 Å². The molecule has 26 heavy (non-hydrogen) atoms. The number of halogens is 1. The van der Waals surface area contributed by atoms with Gasteiger partial charge in [0.05, 0.1) is 10.9 Å². The molecule has 138 valence electrons. The maximum absolute atomic E-state index is 12.8. The summed E-state index contributed by atoms with van der Waals surface area (Å²) in [4.78, 5) is 28.9. The summed E-state index contributed by atoms with van der Waals surface area (Å²) in [5.74, 6) is -0.176. The van der Waals surface area contributed by atoms with Gasteiger partial charge in [-0.25, -0.2) is 9.78 Å². The number of fused-ring (bicyclic) bond motifs is 1. The molecule has 0 aliphatic rings. The Hall–Kier alpha value is -2.22. The van der Waals surface area contributed by atoms with Crippen LogP contribution in [0.15, 0.2) is 33.0 Å². The molecule has 2 heterocycles. The van der Waals surface area contributed by atoms with E-state index in [9.17, 15) is 9.59 Å². The van der Waals surface area contributed by atoms with E-state index in [1.807, 2.05) is 19.2 Å². The van der Waals surface area contributed by atoms with Crippen molar-refractivity contribution < 1.29 is 13.9 Å². The maximum atomic E-state index is 12.8. The summed E-state index contributed by atoms with van der Waals surface area (Å²) in [6.07, 6.45) is 1.99. The number of aromatic nitrogens is 1. The smallest absolute Gasteiger partial charge is 0.328 e. The lowest BCUT2D eigenvalue weighted by Crippen LogP contribution is -2.31. The quantitative estimate of drug-likeness (QED) is 0.537. The van der Waals surface area contributed by atoms with E-state index >= 15 is 0 Å². The third-order valence-electron chi connectivity index (χ3n) is 3.77. The molecule has 0 spiro atoms. The standard InChI is InChI=1S/C18H18N2O4S.ClH/c1-4-11-5-12-15(6-14(11)24-18(22)10(3)19)23-7-13(16(12)21)17-20-9(2)8-25-17;/h5-8,10H,4,19H2,1-3H3;1H. The highest BCUT2D eigenvalue weighted by Gasteiger charge is 2.17. The van der Waals surface area contributed by atoms with Crippen molar-refractivity contribution in [2.24, 2.45) is 5.73 Å². The van der Waals surface area contributed by atoms with E-state index in [-0.39, 0.29) is 17.8 Å². The highest BCUT2D eigenvalue weighted by molar-refractivity contribution is 7.13. The summed E-state index contributed by atoms with van der Waals surface area (Å²) in [5, 5.41) is 2.94. The Balaban J connectivity index is 0.00000243. The van der Waals surface area contributed by atoms with E-state index in [0.29, 0.717) is 33.7 Å². The first-order valence-electron chi connectivity index (χ1n) is 7.89.